The van der Waals surface area contributed by atoms with E-state index >= 15 is 0 Å². The first-order valence-electron chi connectivity index (χ1n) is 9.33. The number of methoxy groups -OCH3 is 1. The van der Waals surface area contributed by atoms with Crippen LogP contribution in [-0.4, -0.2) is 30.2 Å². The average molecular weight is 360 g/mol. The van der Waals surface area contributed by atoms with Gasteiger partial charge in [-0.1, -0.05) is 36.4 Å². The summed E-state index contributed by atoms with van der Waals surface area (Å²) in [5.74, 6) is 2.54. The van der Waals surface area contributed by atoms with Crippen molar-refractivity contribution < 1.29 is 4.74 Å². The number of aromatic nitrogens is 2. The third kappa shape index (κ3) is 4.19. The van der Waals surface area contributed by atoms with Gasteiger partial charge in [-0.3, -0.25) is 0 Å². The van der Waals surface area contributed by atoms with Crippen LogP contribution in [0.15, 0.2) is 60.8 Å². The Morgan fingerprint density at radius 3 is 2.85 bits per heavy atom. The molecule has 0 spiro atoms. The molecule has 0 saturated heterocycles. The van der Waals surface area contributed by atoms with E-state index in [1.807, 2.05) is 24.4 Å². The number of anilines is 2. The lowest BCUT2D eigenvalue weighted by Crippen LogP contribution is -2.31. The maximum atomic E-state index is 5.28. The van der Waals surface area contributed by atoms with Gasteiger partial charge < -0.3 is 15.0 Å². The molecule has 1 aromatic heterocycles. The molecule has 0 bridgehead atoms. The van der Waals surface area contributed by atoms with Gasteiger partial charge in [0, 0.05) is 25.8 Å². The molecule has 0 aliphatic carbocycles. The maximum Gasteiger partial charge on any atom is 0.227 e. The summed E-state index contributed by atoms with van der Waals surface area (Å²) in [6, 6.07) is 18.7. The highest BCUT2D eigenvalue weighted by Gasteiger charge is 2.18. The summed E-state index contributed by atoms with van der Waals surface area (Å²) in [6.45, 7) is 2.63. The lowest BCUT2D eigenvalue weighted by Gasteiger charge is -2.28. The maximum absolute atomic E-state index is 5.28. The van der Waals surface area contributed by atoms with Gasteiger partial charge in [0.1, 0.15) is 11.6 Å². The number of benzene rings is 2. The number of rotatable bonds is 6. The summed E-state index contributed by atoms with van der Waals surface area (Å²) in [4.78, 5) is 11.4. The molecule has 4 rings (SSSR count). The fourth-order valence-corrected chi connectivity index (χ4v) is 3.43. The Labute approximate surface area is 160 Å². The number of nitrogens with zero attached hydrogens (tertiary/aromatic N) is 3. The summed E-state index contributed by atoms with van der Waals surface area (Å²) >= 11 is 0. The molecule has 5 heteroatoms. The topological polar surface area (TPSA) is 50.3 Å². The quantitative estimate of drug-likeness (QED) is 0.726. The van der Waals surface area contributed by atoms with E-state index in [1.165, 1.54) is 16.7 Å². The van der Waals surface area contributed by atoms with Gasteiger partial charge in [0.15, 0.2) is 0 Å². The van der Waals surface area contributed by atoms with E-state index in [1.54, 1.807) is 7.11 Å². The summed E-state index contributed by atoms with van der Waals surface area (Å²) in [7, 11) is 1.69. The molecule has 2 aromatic carbocycles. The molecule has 0 amide bonds. The zero-order valence-electron chi connectivity index (χ0n) is 15.6. The van der Waals surface area contributed by atoms with Crippen LogP contribution < -0.4 is 15.0 Å². The number of fused-ring (bicyclic) bond motifs is 1. The zero-order chi connectivity index (χ0) is 18.5. The molecular formula is C22H24N4O. The molecule has 0 unspecified atom stereocenters. The molecule has 2 heterocycles. The van der Waals surface area contributed by atoms with Crippen molar-refractivity contribution in [1.29, 1.82) is 0 Å². The first kappa shape index (κ1) is 17.3. The van der Waals surface area contributed by atoms with Crippen molar-refractivity contribution in [1.82, 2.24) is 9.97 Å². The minimum absolute atomic E-state index is 0.788. The normalized spacial score (nSPS) is 13.1. The van der Waals surface area contributed by atoms with Crippen LogP contribution in [0.2, 0.25) is 0 Å². The molecular weight excluding hydrogens is 336 g/mol. The molecule has 0 atom stereocenters. The minimum atomic E-state index is 0.788. The fraction of sp³-hybridized carbons (Fsp3) is 0.273. The predicted molar refractivity (Wildman–Crippen MR) is 108 cm³/mol. The number of nitrogens with one attached hydrogen (secondary N) is 1. The Kier molecular flexibility index (Phi) is 5.19. The second-order valence-electron chi connectivity index (χ2n) is 6.71. The SMILES string of the molecule is COc1cccc(CCNc2ccnc(N3CCc4ccccc4C3)n2)c1. The highest BCUT2D eigenvalue weighted by atomic mass is 16.5. The Bertz CT molecular complexity index is 912. The second-order valence-corrected chi connectivity index (χ2v) is 6.71. The van der Waals surface area contributed by atoms with Gasteiger partial charge in [-0.2, -0.15) is 4.98 Å². The smallest absolute Gasteiger partial charge is 0.227 e. The predicted octanol–water partition coefficient (Wildman–Crippen LogP) is 3.70. The van der Waals surface area contributed by atoms with Gasteiger partial charge in [-0.25, -0.2) is 4.98 Å². The molecule has 1 N–H and O–H groups in total. The summed E-state index contributed by atoms with van der Waals surface area (Å²) < 4.78 is 5.28. The van der Waals surface area contributed by atoms with E-state index in [4.69, 9.17) is 9.72 Å². The van der Waals surface area contributed by atoms with Crippen molar-refractivity contribution in [3.8, 4) is 5.75 Å². The van der Waals surface area contributed by atoms with Gasteiger partial charge in [0.2, 0.25) is 5.95 Å². The van der Waals surface area contributed by atoms with Crippen LogP contribution in [0.1, 0.15) is 16.7 Å². The molecule has 138 valence electrons. The van der Waals surface area contributed by atoms with Crippen molar-refractivity contribution in [2.75, 3.05) is 30.4 Å². The van der Waals surface area contributed by atoms with E-state index in [9.17, 15) is 0 Å². The van der Waals surface area contributed by atoms with Crippen LogP contribution in [0, 0.1) is 0 Å². The van der Waals surface area contributed by atoms with Crippen LogP contribution in [0.3, 0.4) is 0 Å². The van der Waals surface area contributed by atoms with Gasteiger partial charge >= 0.3 is 0 Å². The van der Waals surface area contributed by atoms with E-state index in [-0.39, 0.29) is 0 Å². The van der Waals surface area contributed by atoms with E-state index in [0.717, 1.165) is 50.0 Å². The van der Waals surface area contributed by atoms with E-state index < -0.39 is 0 Å². The minimum Gasteiger partial charge on any atom is -0.497 e. The van der Waals surface area contributed by atoms with E-state index in [0.29, 0.717) is 0 Å². The summed E-state index contributed by atoms with van der Waals surface area (Å²) in [5, 5.41) is 3.41. The summed E-state index contributed by atoms with van der Waals surface area (Å²) in [6.07, 6.45) is 3.78. The van der Waals surface area contributed by atoms with E-state index in [2.05, 4.69) is 51.6 Å². The van der Waals surface area contributed by atoms with Crippen molar-refractivity contribution in [2.45, 2.75) is 19.4 Å². The number of hydrogen-bond donors (Lipinski definition) is 1. The molecule has 1 aliphatic rings. The standard InChI is InChI=1S/C22H24N4O/c1-27-20-8-4-5-17(15-20)9-12-23-21-10-13-24-22(25-21)26-14-11-18-6-2-3-7-19(18)16-26/h2-8,10,13,15H,9,11-12,14,16H2,1H3,(H,23,24,25). The molecule has 0 radical (unpaired) electrons. The van der Waals surface area contributed by atoms with Crippen molar-refractivity contribution in [3.05, 3.63) is 77.5 Å². The third-order valence-electron chi connectivity index (χ3n) is 4.91. The molecule has 0 saturated carbocycles. The Morgan fingerprint density at radius 2 is 1.96 bits per heavy atom. The van der Waals surface area contributed by atoms with Crippen molar-refractivity contribution in [2.24, 2.45) is 0 Å². The molecule has 1 aliphatic heterocycles. The lowest BCUT2D eigenvalue weighted by atomic mass is 10.0. The average Bonchev–Trinajstić information content (AvgIpc) is 2.74. The highest BCUT2D eigenvalue weighted by molar-refractivity contribution is 5.44. The van der Waals surface area contributed by atoms with Crippen LogP contribution >= 0.6 is 0 Å². The molecule has 5 nitrogen and oxygen atoms in total. The number of ether oxygens (including phenoxy) is 1. The fourth-order valence-electron chi connectivity index (χ4n) is 3.43. The zero-order valence-corrected chi connectivity index (χ0v) is 15.6. The van der Waals surface area contributed by atoms with Gasteiger partial charge in [0.05, 0.1) is 7.11 Å². The second kappa shape index (κ2) is 8.08. The largest absolute Gasteiger partial charge is 0.497 e. The lowest BCUT2D eigenvalue weighted by molar-refractivity contribution is 0.414. The van der Waals surface area contributed by atoms with Gasteiger partial charge in [0.25, 0.3) is 0 Å². The first-order chi connectivity index (χ1) is 13.3. The highest BCUT2D eigenvalue weighted by Crippen LogP contribution is 2.22. The van der Waals surface area contributed by atoms with Gasteiger partial charge in [-0.15, -0.1) is 0 Å². The van der Waals surface area contributed by atoms with Crippen LogP contribution in [0.4, 0.5) is 11.8 Å². The first-order valence-corrected chi connectivity index (χ1v) is 9.33. The van der Waals surface area contributed by atoms with Crippen molar-refractivity contribution >= 4 is 11.8 Å². The van der Waals surface area contributed by atoms with Crippen molar-refractivity contribution in [3.63, 3.8) is 0 Å². The molecule has 0 fully saturated rings. The Hall–Kier alpha value is -3.08. The van der Waals surface area contributed by atoms with Crippen LogP contribution in [-0.2, 0) is 19.4 Å². The number of hydrogen-bond acceptors (Lipinski definition) is 5. The van der Waals surface area contributed by atoms with Crippen LogP contribution in [0.25, 0.3) is 0 Å². The summed E-state index contributed by atoms with van der Waals surface area (Å²) in [5.41, 5.74) is 4.04. The monoisotopic (exact) mass is 360 g/mol. The third-order valence-corrected chi connectivity index (χ3v) is 4.91. The molecule has 27 heavy (non-hydrogen) atoms. The Balaban J connectivity index is 1.38. The Morgan fingerprint density at radius 1 is 1.07 bits per heavy atom. The van der Waals surface area contributed by atoms with Crippen LogP contribution in [0.5, 0.6) is 5.75 Å². The van der Waals surface area contributed by atoms with Gasteiger partial charge in [-0.05, 0) is 47.7 Å². The molecule has 3 aromatic rings.